The number of ether oxygens (including phenoxy) is 1. The van der Waals surface area contributed by atoms with Gasteiger partial charge in [-0.25, -0.2) is 0 Å². The van der Waals surface area contributed by atoms with Crippen molar-refractivity contribution in [3.05, 3.63) is 19.3 Å². The Morgan fingerprint density at radius 2 is 2.38 bits per heavy atom. The Morgan fingerprint density at radius 1 is 1.62 bits per heavy atom. The first kappa shape index (κ1) is 5.83. The van der Waals surface area contributed by atoms with E-state index in [9.17, 15) is 0 Å². The molecule has 1 aliphatic rings. The summed E-state index contributed by atoms with van der Waals surface area (Å²) in [6, 6.07) is 0. The Morgan fingerprint density at radius 3 is 2.88 bits per heavy atom. The van der Waals surface area contributed by atoms with E-state index in [4.69, 9.17) is 4.74 Å². The molecule has 0 saturated heterocycles. The predicted octanol–water partition coefficient (Wildman–Crippen LogP) is 1.76. The maximum atomic E-state index is 5.06. The zero-order valence-corrected chi connectivity index (χ0v) is 4.97. The molecule has 0 aromatic carbocycles. The third-order valence-corrected chi connectivity index (χ3v) is 1.12. The van der Waals surface area contributed by atoms with Crippen LogP contribution in [-0.2, 0) is 4.74 Å². The molecule has 8 heavy (non-hydrogen) atoms. The lowest BCUT2D eigenvalue weighted by atomic mass is 10.5. The maximum Gasteiger partial charge on any atom is 0.0871 e. The molecule has 0 spiro atoms. The zero-order valence-electron chi connectivity index (χ0n) is 4.97. The number of hydrogen-bond acceptors (Lipinski definition) is 1. The van der Waals surface area contributed by atoms with Gasteiger partial charge in [0.2, 0.25) is 0 Å². The third kappa shape index (κ3) is 2.12. The highest BCUT2D eigenvalue weighted by molar-refractivity contribution is 4.81. The molecule has 1 saturated carbocycles. The normalized spacial score (nSPS) is 18.5. The van der Waals surface area contributed by atoms with Crippen LogP contribution in [-0.4, -0.2) is 6.61 Å². The molecule has 1 rings (SSSR count). The van der Waals surface area contributed by atoms with Crippen LogP contribution in [0.3, 0.4) is 0 Å². The molecular formula is C7H11O. The summed E-state index contributed by atoms with van der Waals surface area (Å²) < 4.78 is 5.06. The van der Waals surface area contributed by atoms with Gasteiger partial charge in [-0.1, -0.05) is 6.08 Å². The van der Waals surface area contributed by atoms with Gasteiger partial charge in [-0.3, -0.25) is 0 Å². The zero-order chi connectivity index (χ0) is 5.82. The Hall–Kier alpha value is -0.300. The fraction of sp³-hybridized carbons (Fsp3) is 0.571. The summed E-state index contributed by atoms with van der Waals surface area (Å²) in [5, 5.41) is 0. The molecule has 1 aliphatic carbocycles. The van der Waals surface area contributed by atoms with Crippen molar-refractivity contribution in [3.63, 3.8) is 0 Å². The first-order valence-corrected chi connectivity index (χ1v) is 2.99. The van der Waals surface area contributed by atoms with Crippen LogP contribution < -0.4 is 0 Å². The van der Waals surface area contributed by atoms with Crippen molar-refractivity contribution in [2.75, 3.05) is 6.61 Å². The second-order valence-electron chi connectivity index (χ2n) is 2.10. The minimum Gasteiger partial charge on any atom is -0.371 e. The molecule has 1 fully saturated rings. The molecule has 45 valence electrons. The van der Waals surface area contributed by atoms with Crippen LogP contribution in [0.4, 0.5) is 0 Å². The molecule has 1 radical (unpaired) electrons. The van der Waals surface area contributed by atoms with E-state index < -0.39 is 0 Å². The van der Waals surface area contributed by atoms with Gasteiger partial charge >= 0.3 is 0 Å². The van der Waals surface area contributed by atoms with Gasteiger partial charge in [0, 0.05) is 0 Å². The highest BCUT2D eigenvalue weighted by atomic mass is 16.5. The van der Waals surface area contributed by atoms with Crippen LogP contribution in [0.25, 0.3) is 0 Å². The van der Waals surface area contributed by atoms with E-state index in [2.05, 4.69) is 6.58 Å². The van der Waals surface area contributed by atoms with E-state index in [-0.39, 0.29) is 0 Å². The van der Waals surface area contributed by atoms with Gasteiger partial charge in [0.15, 0.2) is 0 Å². The summed E-state index contributed by atoms with van der Waals surface area (Å²) in [5.41, 5.74) is 0. The summed E-state index contributed by atoms with van der Waals surface area (Å²) in [5.74, 6) is 0.759. The van der Waals surface area contributed by atoms with Crippen molar-refractivity contribution in [1.29, 1.82) is 0 Å². The van der Waals surface area contributed by atoms with E-state index in [1.807, 2.05) is 6.61 Å². The summed E-state index contributed by atoms with van der Waals surface area (Å²) in [6.45, 7) is 6.11. The molecule has 0 aromatic heterocycles. The lowest BCUT2D eigenvalue weighted by Crippen LogP contribution is -1.87. The van der Waals surface area contributed by atoms with Crippen LogP contribution in [0, 0.1) is 12.5 Å². The average Bonchev–Trinajstić information content (AvgIpc) is 2.51. The van der Waals surface area contributed by atoms with Crippen molar-refractivity contribution in [2.45, 2.75) is 12.8 Å². The van der Waals surface area contributed by atoms with Crippen LogP contribution >= 0.6 is 0 Å². The molecular weight excluding hydrogens is 100 g/mol. The largest absolute Gasteiger partial charge is 0.371 e. The van der Waals surface area contributed by atoms with Gasteiger partial charge in [0.05, 0.1) is 13.2 Å². The van der Waals surface area contributed by atoms with Crippen LogP contribution in [0.1, 0.15) is 12.8 Å². The molecule has 0 bridgehead atoms. The Kier molecular flexibility index (Phi) is 2.10. The summed E-state index contributed by atoms with van der Waals surface area (Å²) in [7, 11) is 0. The highest BCUT2D eigenvalue weighted by Crippen LogP contribution is 2.31. The monoisotopic (exact) mass is 111 g/mol. The van der Waals surface area contributed by atoms with E-state index in [0.717, 1.165) is 5.92 Å². The third-order valence-electron chi connectivity index (χ3n) is 1.12. The SMILES string of the molecule is C=CCO[CH]C1CC1. The highest BCUT2D eigenvalue weighted by Gasteiger charge is 2.21. The van der Waals surface area contributed by atoms with Crippen LogP contribution in [0.15, 0.2) is 12.7 Å². The number of hydrogen-bond donors (Lipinski definition) is 0. The van der Waals surface area contributed by atoms with Gasteiger partial charge in [-0.05, 0) is 18.8 Å². The molecule has 1 nitrogen and oxygen atoms in total. The Balaban J connectivity index is 1.80. The lowest BCUT2D eigenvalue weighted by Gasteiger charge is -1.93. The molecule has 1 heteroatoms. The van der Waals surface area contributed by atoms with Crippen molar-refractivity contribution in [2.24, 2.45) is 5.92 Å². The van der Waals surface area contributed by atoms with E-state index in [1.165, 1.54) is 12.8 Å². The van der Waals surface area contributed by atoms with Crippen molar-refractivity contribution in [1.82, 2.24) is 0 Å². The van der Waals surface area contributed by atoms with Gasteiger partial charge in [-0.15, -0.1) is 6.58 Å². The quantitative estimate of drug-likeness (QED) is 0.397. The summed E-state index contributed by atoms with van der Waals surface area (Å²) in [4.78, 5) is 0. The smallest absolute Gasteiger partial charge is 0.0871 e. The Bertz CT molecular complexity index is 74.5. The van der Waals surface area contributed by atoms with Crippen molar-refractivity contribution >= 4 is 0 Å². The minimum absolute atomic E-state index is 0.663. The van der Waals surface area contributed by atoms with E-state index in [1.54, 1.807) is 6.08 Å². The van der Waals surface area contributed by atoms with Gasteiger partial charge < -0.3 is 4.74 Å². The van der Waals surface area contributed by atoms with E-state index in [0.29, 0.717) is 6.61 Å². The molecule has 0 aromatic rings. The standard InChI is InChI=1S/C7H11O/c1-2-5-8-6-7-3-4-7/h2,6-7H,1,3-5H2. The minimum atomic E-state index is 0.663. The molecule has 0 heterocycles. The lowest BCUT2D eigenvalue weighted by molar-refractivity contribution is 0.218. The van der Waals surface area contributed by atoms with Gasteiger partial charge in [0.25, 0.3) is 0 Å². The van der Waals surface area contributed by atoms with Crippen LogP contribution in [0.2, 0.25) is 0 Å². The van der Waals surface area contributed by atoms with Crippen molar-refractivity contribution in [3.8, 4) is 0 Å². The topological polar surface area (TPSA) is 9.23 Å². The van der Waals surface area contributed by atoms with Crippen LogP contribution in [0.5, 0.6) is 0 Å². The van der Waals surface area contributed by atoms with Gasteiger partial charge in [-0.2, -0.15) is 0 Å². The molecule has 0 atom stereocenters. The van der Waals surface area contributed by atoms with Gasteiger partial charge in [0.1, 0.15) is 0 Å². The average molecular weight is 111 g/mol. The molecule has 0 unspecified atom stereocenters. The second kappa shape index (κ2) is 2.88. The fourth-order valence-electron chi connectivity index (χ4n) is 0.492. The number of rotatable bonds is 4. The first-order valence-electron chi connectivity index (χ1n) is 2.99. The fourth-order valence-corrected chi connectivity index (χ4v) is 0.492. The Labute approximate surface area is 50.3 Å². The molecule has 0 amide bonds. The summed E-state index contributed by atoms with van der Waals surface area (Å²) in [6.07, 6.45) is 4.40. The second-order valence-corrected chi connectivity index (χ2v) is 2.10. The van der Waals surface area contributed by atoms with Crippen molar-refractivity contribution < 1.29 is 4.74 Å². The maximum absolute atomic E-state index is 5.06. The predicted molar refractivity (Wildman–Crippen MR) is 33.2 cm³/mol. The first-order chi connectivity index (χ1) is 3.93. The molecule has 0 N–H and O–H groups in total. The molecule has 0 aliphatic heterocycles. The summed E-state index contributed by atoms with van der Waals surface area (Å²) >= 11 is 0. The van der Waals surface area contributed by atoms with E-state index >= 15 is 0 Å².